The van der Waals surface area contributed by atoms with Gasteiger partial charge in [0.25, 0.3) is 0 Å². The van der Waals surface area contributed by atoms with Gasteiger partial charge in [0.15, 0.2) is 0 Å². The predicted octanol–water partition coefficient (Wildman–Crippen LogP) is 6.96. The van der Waals surface area contributed by atoms with E-state index in [0.29, 0.717) is 18.9 Å². The molecule has 1 saturated heterocycles. The zero-order valence-corrected chi connectivity index (χ0v) is 25.3. The molecule has 224 valence electrons. The first-order valence-corrected chi connectivity index (χ1v) is 15.6. The standard InChI is InChI=1S/C35H41N5O3/c1-22(2)32(39-35(42)43-3)34(41)40-18-6-9-31(40)29-19-28(20-36-29)25-12-10-23(11-13-25)24-14-16-26(17-15-24)30-21-37-33(38-30)27-7-4-5-8-27/h10-17,20-22,27,31-32H,4-9,18-19H2,1-3H3,(H,37,38)(H,39,42)/t31-,32-/m0/s1. The Balaban J connectivity index is 1.08. The lowest BCUT2D eigenvalue weighted by molar-refractivity contribution is -0.134. The Morgan fingerprint density at radius 2 is 1.58 bits per heavy atom. The summed E-state index contributed by atoms with van der Waals surface area (Å²) >= 11 is 0. The van der Waals surface area contributed by atoms with Crippen LogP contribution in [0.15, 0.2) is 65.9 Å². The topological polar surface area (TPSA) is 99.7 Å². The lowest BCUT2D eigenvalue weighted by Gasteiger charge is -2.31. The Bertz CT molecular complexity index is 1510. The van der Waals surface area contributed by atoms with E-state index >= 15 is 0 Å². The number of imidazole rings is 1. The molecule has 2 amide bonds. The summed E-state index contributed by atoms with van der Waals surface area (Å²) < 4.78 is 4.75. The number of likely N-dealkylation sites (tertiary alicyclic amines) is 1. The van der Waals surface area contributed by atoms with Crippen molar-refractivity contribution in [2.24, 2.45) is 10.9 Å². The van der Waals surface area contributed by atoms with E-state index in [-0.39, 0.29) is 17.9 Å². The first-order valence-electron chi connectivity index (χ1n) is 15.6. The monoisotopic (exact) mass is 579 g/mol. The molecule has 43 heavy (non-hydrogen) atoms. The van der Waals surface area contributed by atoms with Gasteiger partial charge in [0.05, 0.1) is 25.0 Å². The van der Waals surface area contributed by atoms with Crippen molar-refractivity contribution in [1.29, 1.82) is 0 Å². The molecule has 3 aromatic rings. The summed E-state index contributed by atoms with van der Waals surface area (Å²) in [5, 5.41) is 2.72. The molecule has 0 radical (unpaired) electrons. The highest BCUT2D eigenvalue weighted by molar-refractivity contribution is 6.03. The second kappa shape index (κ2) is 12.6. The van der Waals surface area contributed by atoms with Gasteiger partial charge in [0.1, 0.15) is 11.9 Å². The molecule has 0 unspecified atom stereocenters. The number of hydrogen-bond acceptors (Lipinski definition) is 5. The molecule has 1 saturated carbocycles. The van der Waals surface area contributed by atoms with Crippen LogP contribution in [-0.4, -0.2) is 58.3 Å². The molecule has 1 aromatic heterocycles. The molecular weight excluding hydrogens is 538 g/mol. The number of aromatic amines is 1. The van der Waals surface area contributed by atoms with E-state index < -0.39 is 12.1 Å². The van der Waals surface area contributed by atoms with Crippen LogP contribution < -0.4 is 5.32 Å². The number of carbonyl (C=O) groups excluding carboxylic acids is 2. The van der Waals surface area contributed by atoms with Crippen LogP contribution in [0, 0.1) is 5.92 Å². The third-order valence-corrected chi connectivity index (χ3v) is 9.19. The molecule has 2 aromatic carbocycles. The van der Waals surface area contributed by atoms with Crippen molar-refractivity contribution in [3.8, 4) is 22.4 Å². The van der Waals surface area contributed by atoms with Crippen molar-refractivity contribution in [2.45, 2.75) is 76.8 Å². The second-order valence-corrected chi connectivity index (χ2v) is 12.3. The van der Waals surface area contributed by atoms with E-state index in [4.69, 9.17) is 9.73 Å². The van der Waals surface area contributed by atoms with Crippen molar-refractivity contribution >= 4 is 23.3 Å². The fraction of sp³-hybridized carbons (Fsp3) is 0.429. The maximum atomic E-state index is 13.5. The summed E-state index contributed by atoms with van der Waals surface area (Å²) in [6, 6.07) is 16.6. The summed E-state index contributed by atoms with van der Waals surface area (Å²) in [6.45, 7) is 4.53. The zero-order chi connectivity index (χ0) is 29.9. The van der Waals surface area contributed by atoms with E-state index in [2.05, 4.69) is 63.8 Å². The molecule has 8 heteroatoms. The molecule has 1 aliphatic carbocycles. The fourth-order valence-electron chi connectivity index (χ4n) is 6.69. The van der Waals surface area contributed by atoms with Crippen LogP contribution in [0.4, 0.5) is 4.79 Å². The number of ether oxygens (including phenoxy) is 1. The fourth-order valence-corrected chi connectivity index (χ4v) is 6.69. The van der Waals surface area contributed by atoms with E-state index in [9.17, 15) is 9.59 Å². The maximum absolute atomic E-state index is 13.5. The number of aliphatic imine (C=N–C) groups is 1. The van der Waals surface area contributed by atoms with E-state index in [0.717, 1.165) is 52.3 Å². The highest BCUT2D eigenvalue weighted by Crippen LogP contribution is 2.34. The van der Waals surface area contributed by atoms with Crippen LogP contribution in [0.3, 0.4) is 0 Å². The van der Waals surface area contributed by atoms with Gasteiger partial charge in [-0.2, -0.15) is 0 Å². The van der Waals surface area contributed by atoms with Crippen LogP contribution in [0.25, 0.3) is 28.0 Å². The molecule has 0 spiro atoms. The quantitative estimate of drug-likeness (QED) is 0.301. The number of aromatic nitrogens is 2. The van der Waals surface area contributed by atoms with Gasteiger partial charge in [-0.25, -0.2) is 9.78 Å². The Kier molecular flexibility index (Phi) is 8.45. The Labute approximate surface area is 253 Å². The van der Waals surface area contributed by atoms with Crippen molar-refractivity contribution in [3.63, 3.8) is 0 Å². The summed E-state index contributed by atoms with van der Waals surface area (Å²) in [7, 11) is 1.31. The molecule has 2 fully saturated rings. The summed E-state index contributed by atoms with van der Waals surface area (Å²) in [4.78, 5) is 40.2. The first kappa shape index (κ1) is 28.9. The average molecular weight is 580 g/mol. The van der Waals surface area contributed by atoms with Gasteiger partial charge in [0, 0.05) is 30.8 Å². The van der Waals surface area contributed by atoms with E-state index in [1.807, 2.05) is 31.1 Å². The highest BCUT2D eigenvalue weighted by atomic mass is 16.5. The van der Waals surface area contributed by atoms with E-state index in [1.54, 1.807) is 0 Å². The molecule has 2 N–H and O–H groups in total. The minimum absolute atomic E-state index is 0.0520. The minimum atomic E-state index is -0.627. The lowest BCUT2D eigenvalue weighted by atomic mass is 9.95. The van der Waals surface area contributed by atoms with Gasteiger partial charge < -0.3 is 19.9 Å². The van der Waals surface area contributed by atoms with Crippen molar-refractivity contribution in [3.05, 3.63) is 72.3 Å². The summed E-state index contributed by atoms with van der Waals surface area (Å²) in [6.07, 6.45) is 10.9. The SMILES string of the molecule is COC(=O)N[C@H](C(=O)N1CCC[C@H]1C1=NC=C(c2ccc(-c3ccc(-c4cnc(C5CCCC5)[nH]4)cc3)cc2)C1)C(C)C. The minimum Gasteiger partial charge on any atom is -0.453 e. The molecule has 2 aliphatic heterocycles. The Hall–Kier alpha value is -4.20. The molecule has 3 aliphatic rings. The van der Waals surface area contributed by atoms with Crippen LogP contribution in [0.5, 0.6) is 0 Å². The molecule has 6 rings (SSSR count). The van der Waals surface area contributed by atoms with Gasteiger partial charge in [0.2, 0.25) is 5.91 Å². The zero-order valence-electron chi connectivity index (χ0n) is 25.3. The third-order valence-electron chi connectivity index (χ3n) is 9.19. The third kappa shape index (κ3) is 6.14. The van der Waals surface area contributed by atoms with Crippen LogP contribution in [0.2, 0.25) is 0 Å². The largest absolute Gasteiger partial charge is 0.453 e. The number of H-pyrrole nitrogens is 1. The van der Waals surface area contributed by atoms with E-state index in [1.165, 1.54) is 38.4 Å². The number of methoxy groups -OCH3 is 1. The van der Waals surface area contributed by atoms with Gasteiger partial charge in [-0.3, -0.25) is 9.79 Å². The number of benzene rings is 2. The van der Waals surface area contributed by atoms with Crippen LogP contribution >= 0.6 is 0 Å². The van der Waals surface area contributed by atoms with Gasteiger partial charge in [-0.05, 0) is 59.4 Å². The molecule has 0 bridgehead atoms. The number of nitrogens with zero attached hydrogens (tertiary/aromatic N) is 3. The predicted molar refractivity (Wildman–Crippen MR) is 170 cm³/mol. The molecule has 3 heterocycles. The van der Waals surface area contributed by atoms with Crippen LogP contribution in [-0.2, 0) is 9.53 Å². The number of amides is 2. The Morgan fingerprint density at radius 3 is 2.23 bits per heavy atom. The number of carbonyl (C=O) groups is 2. The first-order chi connectivity index (χ1) is 20.9. The molecular formula is C35H41N5O3. The van der Waals surface area contributed by atoms with Gasteiger partial charge in [-0.15, -0.1) is 0 Å². The number of hydrogen-bond donors (Lipinski definition) is 2. The summed E-state index contributed by atoms with van der Waals surface area (Å²) in [5.74, 6) is 1.58. The smallest absolute Gasteiger partial charge is 0.407 e. The summed E-state index contributed by atoms with van der Waals surface area (Å²) in [5.41, 5.74) is 7.87. The number of rotatable bonds is 8. The van der Waals surface area contributed by atoms with Gasteiger partial charge >= 0.3 is 6.09 Å². The molecule has 2 atom stereocenters. The van der Waals surface area contributed by atoms with Crippen molar-refractivity contribution in [1.82, 2.24) is 20.2 Å². The van der Waals surface area contributed by atoms with Crippen LogP contribution in [0.1, 0.15) is 76.1 Å². The second-order valence-electron chi connectivity index (χ2n) is 12.3. The van der Waals surface area contributed by atoms with Crippen molar-refractivity contribution in [2.75, 3.05) is 13.7 Å². The number of alkyl carbamates (subject to hydrolysis) is 1. The molecule has 8 nitrogen and oxygen atoms in total. The highest BCUT2D eigenvalue weighted by Gasteiger charge is 2.38. The lowest BCUT2D eigenvalue weighted by Crippen LogP contribution is -2.53. The van der Waals surface area contributed by atoms with Crippen molar-refractivity contribution < 1.29 is 14.3 Å². The number of allylic oxidation sites excluding steroid dienone is 1. The Morgan fingerprint density at radius 1 is 0.930 bits per heavy atom. The number of nitrogens with one attached hydrogen (secondary N) is 2. The van der Waals surface area contributed by atoms with Gasteiger partial charge in [-0.1, -0.05) is 75.2 Å². The normalized spacial score (nSPS) is 19.4. The average Bonchev–Trinajstić information content (AvgIpc) is 3.86. The maximum Gasteiger partial charge on any atom is 0.407 e.